The van der Waals surface area contributed by atoms with Crippen molar-refractivity contribution >= 4 is 33.4 Å². The number of nitrogens with one attached hydrogen (secondary N) is 1. The Morgan fingerprint density at radius 3 is 1.53 bits per heavy atom. The standard InChI is InChI=1S/C30H23NO3/c32-29(27-24-17-9-7-15-22(24)19-23-16-8-10-18-25(23)27)31-28(30(33)34)26(20-11-3-1-4-12-20)21-13-5-2-6-14-21/h1-19,26,28H,(H,31,32)(H,33,34)/t28-/m0/s1. The van der Waals surface area contributed by atoms with Gasteiger partial charge in [-0.1, -0.05) is 109 Å². The first kappa shape index (κ1) is 21.4. The van der Waals surface area contributed by atoms with Crippen molar-refractivity contribution in [2.45, 2.75) is 12.0 Å². The zero-order valence-electron chi connectivity index (χ0n) is 18.4. The summed E-state index contributed by atoms with van der Waals surface area (Å²) in [5, 5.41) is 16.6. The van der Waals surface area contributed by atoms with E-state index in [2.05, 4.69) is 5.32 Å². The normalized spacial score (nSPS) is 12.0. The number of fused-ring (bicyclic) bond motifs is 2. The van der Waals surface area contributed by atoms with Gasteiger partial charge in [0, 0.05) is 5.92 Å². The number of carboxylic acid groups (broad SMARTS) is 1. The number of carbonyl (C=O) groups excluding carboxylic acids is 1. The summed E-state index contributed by atoms with van der Waals surface area (Å²) in [6, 6.07) is 35.1. The maximum Gasteiger partial charge on any atom is 0.327 e. The number of aliphatic carboxylic acids is 1. The van der Waals surface area contributed by atoms with Crippen molar-refractivity contribution < 1.29 is 14.7 Å². The van der Waals surface area contributed by atoms with Crippen LogP contribution in [0, 0.1) is 0 Å². The van der Waals surface area contributed by atoms with E-state index in [1.54, 1.807) is 0 Å². The third-order valence-corrected chi connectivity index (χ3v) is 6.20. The summed E-state index contributed by atoms with van der Waals surface area (Å²) >= 11 is 0. The molecule has 34 heavy (non-hydrogen) atoms. The van der Waals surface area contributed by atoms with Crippen molar-refractivity contribution in [1.29, 1.82) is 0 Å². The van der Waals surface area contributed by atoms with Gasteiger partial charge in [-0.25, -0.2) is 4.79 Å². The third-order valence-electron chi connectivity index (χ3n) is 6.20. The van der Waals surface area contributed by atoms with Crippen LogP contribution in [0.5, 0.6) is 0 Å². The summed E-state index contributed by atoms with van der Waals surface area (Å²) in [6.07, 6.45) is 0. The van der Waals surface area contributed by atoms with Crippen LogP contribution in [0.4, 0.5) is 0 Å². The van der Waals surface area contributed by atoms with Crippen LogP contribution in [-0.2, 0) is 4.79 Å². The van der Waals surface area contributed by atoms with E-state index in [4.69, 9.17) is 0 Å². The second-order valence-electron chi connectivity index (χ2n) is 8.28. The Kier molecular flexibility index (Phi) is 5.79. The summed E-state index contributed by atoms with van der Waals surface area (Å²) in [5.74, 6) is -2.04. The number of hydrogen-bond acceptors (Lipinski definition) is 2. The molecular formula is C30H23NO3. The van der Waals surface area contributed by atoms with E-state index in [1.807, 2.05) is 115 Å². The maximum atomic E-state index is 13.8. The van der Waals surface area contributed by atoms with Gasteiger partial charge in [0.2, 0.25) is 0 Å². The zero-order chi connectivity index (χ0) is 23.5. The molecule has 4 heteroatoms. The quantitative estimate of drug-likeness (QED) is 0.315. The molecule has 166 valence electrons. The van der Waals surface area contributed by atoms with Gasteiger partial charge in [-0.2, -0.15) is 0 Å². The highest BCUT2D eigenvalue weighted by Gasteiger charge is 2.33. The Bertz CT molecular complexity index is 1390. The Morgan fingerprint density at radius 2 is 1.06 bits per heavy atom. The summed E-state index contributed by atoms with van der Waals surface area (Å²) in [5.41, 5.74) is 2.13. The lowest BCUT2D eigenvalue weighted by Gasteiger charge is -2.26. The molecule has 2 N–H and O–H groups in total. The van der Waals surface area contributed by atoms with Crippen LogP contribution in [-0.4, -0.2) is 23.0 Å². The van der Waals surface area contributed by atoms with E-state index in [-0.39, 0.29) is 0 Å². The Balaban J connectivity index is 1.63. The van der Waals surface area contributed by atoms with Gasteiger partial charge in [-0.05, 0) is 38.7 Å². The molecule has 0 aliphatic heterocycles. The first-order chi connectivity index (χ1) is 16.6. The van der Waals surface area contributed by atoms with Crippen LogP contribution in [0.1, 0.15) is 27.4 Å². The maximum absolute atomic E-state index is 13.8. The van der Waals surface area contributed by atoms with E-state index in [0.717, 1.165) is 32.7 Å². The van der Waals surface area contributed by atoms with Crippen molar-refractivity contribution in [1.82, 2.24) is 5.32 Å². The summed E-state index contributed by atoms with van der Waals surface area (Å²) in [4.78, 5) is 26.3. The van der Waals surface area contributed by atoms with Gasteiger partial charge >= 0.3 is 5.97 Å². The minimum atomic E-state index is -1.16. The molecule has 5 aromatic rings. The van der Waals surface area contributed by atoms with Crippen molar-refractivity contribution in [2.75, 3.05) is 0 Å². The number of amides is 1. The Labute approximate surface area is 197 Å². The highest BCUT2D eigenvalue weighted by atomic mass is 16.4. The van der Waals surface area contributed by atoms with Crippen LogP contribution in [0.25, 0.3) is 21.5 Å². The SMILES string of the molecule is O=C(N[C@H](C(=O)O)C(c1ccccc1)c1ccccc1)c1c2ccccc2cc2ccccc12. The average Bonchev–Trinajstić information content (AvgIpc) is 2.88. The van der Waals surface area contributed by atoms with Gasteiger partial charge in [-0.3, -0.25) is 4.79 Å². The molecule has 0 bridgehead atoms. The number of carbonyl (C=O) groups is 2. The van der Waals surface area contributed by atoms with Crippen LogP contribution in [0.3, 0.4) is 0 Å². The molecule has 5 aromatic carbocycles. The predicted octanol–water partition coefficient (Wildman–Crippen LogP) is 6.01. The molecule has 1 atom stereocenters. The predicted molar refractivity (Wildman–Crippen MR) is 135 cm³/mol. The molecule has 0 saturated carbocycles. The fourth-order valence-corrected chi connectivity index (χ4v) is 4.66. The van der Waals surface area contributed by atoms with E-state index in [0.29, 0.717) is 5.56 Å². The highest BCUT2D eigenvalue weighted by molar-refractivity contribution is 6.18. The summed E-state index contributed by atoms with van der Waals surface area (Å²) < 4.78 is 0. The van der Waals surface area contributed by atoms with Gasteiger partial charge < -0.3 is 10.4 Å². The molecule has 4 nitrogen and oxygen atoms in total. The topological polar surface area (TPSA) is 66.4 Å². The van der Waals surface area contributed by atoms with Gasteiger partial charge in [0.1, 0.15) is 6.04 Å². The summed E-state index contributed by atoms with van der Waals surface area (Å²) in [6.45, 7) is 0. The van der Waals surface area contributed by atoms with Crippen LogP contribution >= 0.6 is 0 Å². The largest absolute Gasteiger partial charge is 0.480 e. The van der Waals surface area contributed by atoms with Gasteiger partial charge in [0.25, 0.3) is 5.91 Å². The first-order valence-corrected chi connectivity index (χ1v) is 11.2. The van der Waals surface area contributed by atoms with Crippen LogP contribution in [0.2, 0.25) is 0 Å². The average molecular weight is 446 g/mol. The van der Waals surface area contributed by atoms with E-state index >= 15 is 0 Å². The molecule has 0 fully saturated rings. The molecule has 0 aliphatic carbocycles. The molecule has 0 spiro atoms. The zero-order valence-corrected chi connectivity index (χ0v) is 18.4. The fraction of sp³-hybridized carbons (Fsp3) is 0.0667. The molecular weight excluding hydrogens is 422 g/mol. The minimum absolute atomic E-state index is 0.405. The monoisotopic (exact) mass is 445 g/mol. The number of hydrogen-bond donors (Lipinski definition) is 2. The fourth-order valence-electron chi connectivity index (χ4n) is 4.66. The first-order valence-electron chi connectivity index (χ1n) is 11.2. The lowest BCUT2D eigenvalue weighted by molar-refractivity contribution is -0.139. The summed E-state index contributed by atoms with van der Waals surface area (Å²) in [7, 11) is 0. The molecule has 0 aliphatic rings. The minimum Gasteiger partial charge on any atom is -0.480 e. The molecule has 5 rings (SSSR count). The molecule has 0 radical (unpaired) electrons. The van der Waals surface area contributed by atoms with E-state index in [9.17, 15) is 14.7 Å². The molecule has 0 saturated heterocycles. The number of benzene rings is 5. The lowest BCUT2D eigenvalue weighted by Crippen LogP contribution is -2.45. The smallest absolute Gasteiger partial charge is 0.327 e. The van der Waals surface area contributed by atoms with Crippen molar-refractivity contribution in [3.63, 3.8) is 0 Å². The second-order valence-corrected chi connectivity index (χ2v) is 8.28. The van der Waals surface area contributed by atoms with Crippen LogP contribution in [0.15, 0.2) is 115 Å². The van der Waals surface area contributed by atoms with Crippen molar-refractivity contribution in [3.05, 3.63) is 132 Å². The van der Waals surface area contributed by atoms with Gasteiger partial charge in [-0.15, -0.1) is 0 Å². The lowest BCUT2D eigenvalue weighted by atomic mass is 9.84. The molecule has 0 heterocycles. The number of rotatable bonds is 6. The number of carboxylic acids is 1. The molecule has 0 aromatic heterocycles. The highest BCUT2D eigenvalue weighted by Crippen LogP contribution is 2.31. The van der Waals surface area contributed by atoms with Crippen molar-refractivity contribution in [2.24, 2.45) is 0 Å². The van der Waals surface area contributed by atoms with E-state index < -0.39 is 23.8 Å². The van der Waals surface area contributed by atoms with Crippen molar-refractivity contribution in [3.8, 4) is 0 Å². The second kappa shape index (κ2) is 9.20. The van der Waals surface area contributed by atoms with Gasteiger partial charge in [0.15, 0.2) is 0 Å². The third kappa shape index (κ3) is 4.02. The van der Waals surface area contributed by atoms with Gasteiger partial charge in [0.05, 0.1) is 5.56 Å². The van der Waals surface area contributed by atoms with E-state index in [1.165, 1.54) is 0 Å². The molecule has 0 unspecified atom stereocenters. The van der Waals surface area contributed by atoms with Crippen LogP contribution < -0.4 is 5.32 Å². The Hall–Kier alpha value is -4.44. The Morgan fingerprint density at radius 1 is 0.618 bits per heavy atom. The molecule has 1 amide bonds.